The maximum absolute atomic E-state index is 5.81. The van der Waals surface area contributed by atoms with Crippen LogP contribution in [0.5, 0.6) is 0 Å². The lowest BCUT2D eigenvalue weighted by molar-refractivity contribution is 0.120. The average molecular weight is 340 g/mol. The van der Waals surface area contributed by atoms with E-state index in [1.165, 1.54) is 24.8 Å². The Morgan fingerprint density at radius 3 is 2.96 bits per heavy atom. The van der Waals surface area contributed by atoms with E-state index in [1.807, 2.05) is 25.3 Å². The number of furan rings is 1. The van der Waals surface area contributed by atoms with Gasteiger partial charge in [0.05, 0.1) is 24.7 Å². The lowest BCUT2D eigenvalue weighted by Gasteiger charge is -2.35. The van der Waals surface area contributed by atoms with Gasteiger partial charge in [-0.1, -0.05) is 6.42 Å². The van der Waals surface area contributed by atoms with E-state index < -0.39 is 0 Å². The van der Waals surface area contributed by atoms with Crippen molar-refractivity contribution in [2.24, 2.45) is 0 Å². The normalized spacial score (nSPS) is 18.7. The summed E-state index contributed by atoms with van der Waals surface area (Å²) < 4.78 is 13.3. The molecule has 0 spiro atoms. The first-order valence-corrected chi connectivity index (χ1v) is 8.92. The Kier molecular flexibility index (Phi) is 4.44. The van der Waals surface area contributed by atoms with Gasteiger partial charge in [-0.3, -0.25) is 9.58 Å². The molecule has 25 heavy (non-hydrogen) atoms. The molecule has 1 aliphatic heterocycles. The molecule has 1 atom stereocenters. The molecule has 6 heteroatoms. The fraction of sp³-hybridized carbons (Fsp3) is 0.474. The molecule has 0 bridgehead atoms. The van der Waals surface area contributed by atoms with Crippen LogP contribution in [0.1, 0.15) is 36.3 Å². The number of hydrogen-bond acceptors (Lipinski definition) is 5. The van der Waals surface area contributed by atoms with Crippen molar-refractivity contribution in [1.82, 2.24) is 19.7 Å². The van der Waals surface area contributed by atoms with E-state index in [2.05, 4.69) is 32.8 Å². The van der Waals surface area contributed by atoms with Gasteiger partial charge in [-0.2, -0.15) is 5.10 Å². The molecule has 0 unspecified atom stereocenters. The van der Waals surface area contributed by atoms with Crippen molar-refractivity contribution >= 4 is 0 Å². The minimum Gasteiger partial charge on any atom is -0.459 e. The number of hydrogen-bond donors (Lipinski definition) is 0. The maximum Gasteiger partial charge on any atom is 0.263 e. The predicted molar refractivity (Wildman–Crippen MR) is 94.0 cm³/mol. The third kappa shape index (κ3) is 3.54. The van der Waals surface area contributed by atoms with Gasteiger partial charge in [0.2, 0.25) is 0 Å². The highest BCUT2D eigenvalue weighted by atomic mass is 16.4. The Morgan fingerprint density at radius 1 is 1.28 bits per heavy atom. The zero-order chi connectivity index (χ0) is 17.2. The van der Waals surface area contributed by atoms with Crippen LogP contribution >= 0.6 is 0 Å². The number of aromatic nitrogens is 3. The number of aryl methyl sites for hydroxylation is 2. The second-order valence-electron chi connectivity index (χ2n) is 6.86. The minimum atomic E-state index is 0.483. The molecule has 0 aliphatic carbocycles. The first kappa shape index (κ1) is 16.1. The van der Waals surface area contributed by atoms with Crippen molar-refractivity contribution in [3.63, 3.8) is 0 Å². The van der Waals surface area contributed by atoms with Crippen molar-refractivity contribution < 1.29 is 8.83 Å². The number of rotatable bonds is 5. The Balaban J connectivity index is 1.50. The van der Waals surface area contributed by atoms with Crippen molar-refractivity contribution in [1.29, 1.82) is 0 Å². The Labute approximate surface area is 147 Å². The first-order chi connectivity index (χ1) is 12.2. The third-order valence-electron chi connectivity index (χ3n) is 4.89. The van der Waals surface area contributed by atoms with Gasteiger partial charge < -0.3 is 8.83 Å². The molecule has 1 fully saturated rings. The molecule has 0 aromatic carbocycles. The van der Waals surface area contributed by atoms with Gasteiger partial charge in [-0.25, -0.2) is 4.98 Å². The van der Waals surface area contributed by atoms with E-state index in [0.717, 1.165) is 31.1 Å². The second-order valence-corrected chi connectivity index (χ2v) is 6.86. The minimum absolute atomic E-state index is 0.483. The molecule has 1 saturated heterocycles. The van der Waals surface area contributed by atoms with Crippen molar-refractivity contribution in [2.45, 2.75) is 52.2 Å². The number of nitrogens with zero attached hydrogens (tertiary/aromatic N) is 4. The summed E-state index contributed by atoms with van der Waals surface area (Å²) in [5.41, 5.74) is 2.20. The number of likely N-dealkylation sites (tertiary alicyclic amines) is 1. The molecule has 6 nitrogen and oxygen atoms in total. The summed E-state index contributed by atoms with van der Waals surface area (Å²) in [6.45, 7) is 6.88. The summed E-state index contributed by atoms with van der Waals surface area (Å²) in [4.78, 5) is 7.18. The first-order valence-electron chi connectivity index (χ1n) is 8.92. The van der Waals surface area contributed by atoms with Crippen molar-refractivity contribution in [3.05, 3.63) is 47.8 Å². The molecule has 4 heterocycles. The van der Waals surface area contributed by atoms with Crippen molar-refractivity contribution in [2.75, 3.05) is 6.54 Å². The molecular formula is C19H24N4O2. The molecule has 0 saturated carbocycles. The molecule has 132 valence electrons. The molecule has 3 aromatic rings. The van der Waals surface area contributed by atoms with Gasteiger partial charge >= 0.3 is 0 Å². The summed E-state index contributed by atoms with van der Waals surface area (Å²) in [6.07, 6.45) is 9.38. The average Bonchev–Trinajstić information content (AvgIpc) is 3.32. The smallest absolute Gasteiger partial charge is 0.263 e. The van der Waals surface area contributed by atoms with Crippen LogP contribution in [0, 0.1) is 13.8 Å². The topological polar surface area (TPSA) is 60.2 Å². The van der Waals surface area contributed by atoms with E-state index in [4.69, 9.17) is 8.83 Å². The molecule has 0 amide bonds. The van der Waals surface area contributed by atoms with Gasteiger partial charge in [0, 0.05) is 18.8 Å². The van der Waals surface area contributed by atoms with Crippen LogP contribution in [-0.4, -0.2) is 32.3 Å². The summed E-state index contributed by atoms with van der Waals surface area (Å²) in [6, 6.07) is 4.20. The van der Waals surface area contributed by atoms with Crippen molar-refractivity contribution in [3.8, 4) is 11.7 Å². The van der Waals surface area contributed by atoms with E-state index in [0.29, 0.717) is 17.7 Å². The fourth-order valence-electron chi connectivity index (χ4n) is 3.53. The van der Waals surface area contributed by atoms with Crippen LogP contribution in [0.4, 0.5) is 0 Å². The van der Waals surface area contributed by atoms with Crippen LogP contribution in [0.25, 0.3) is 11.7 Å². The summed E-state index contributed by atoms with van der Waals surface area (Å²) >= 11 is 0. The van der Waals surface area contributed by atoms with Gasteiger partial charge in [0.1, 0.15) is 5.76 Å². The third-order valence-corrected chi connectivity index (χ3v) is 4.89. The lowest BCUT2D eigenvalue weighted by atomic mass is 10.0. The zero-order valence-electron chi connectivity index (χ0n) is 14.8. The maximum atomic E-state index is 5.81. The fourth-order valence-corrected chi connectivity index (χ4v) is 3.53. The Bertz CT molecular complexity index is 818. The molecular weight excluding hydrogens is 316 g/mol. The molecule has 0 radical (unpaired) electrons. The highest BCUT2D eigenvalue weighted by Crippen LogP contribution is 2.26. The highest BCUT2D eigenvalue weighted by molar-refractivity contribution is 5.44. The number of piperidine rings is 1. The summed E-state index contributed by atoms with van der Waals surface area (Å²) in [5, 5.41) is 4.45. The zero-order valence-corrected chi connectivity index (χ0v) is 14.8. The molecule has 0 N–H and O–H groups in total. The number of oxazole rings is 1. The Hall–Kier alpha value is -2.34. The van der Waals surface area contributed by atoms with Crippen LogP contribution in [0.15, 0.2) is 39.6 Å². The van der Waals surface area contributed by atoms with E-state index >= 15 is 0 Å². The largest absolute Gasteiger partial charge is 0.459 e. The quantitative estimate of drug-likeness (QED) is 0.707. The second kappa shape index (κ2) is 6.88. The Morgan fingerprint density at radius 2 is 2.20 bits per heavy atom. The molecule has 4 rings (SSSR count). The van der Waals surface area contributed by atoms with Crippen LogP contribution in [-0.2, 0) is 13.1 Å². The van der Waals surface area contributed by atoms with Gasteiger partial charge in [0.25, 0.3) is 5.89 Å². The molecule has 3 aromatic heterocycles. The lowest BCUT2D eigenvalue weighted by Crippen LogP contribution is -2.41. The van der Waals surface area contributed by atoms with Gasteiger partial charge in [-0.05, 0) is 50.9 Å². The SMILES string of the molecule is Cc1cnn(C[C@H]2CCCCN2Cc2nc(-c3ccco3)oc2C)c1. The van der Waals surface area contributed by atoms with E-state index in [-0.39, 0.29) is 0 Å². The highest BCUT2D eigenvalue weighted by Gasteiger charge is 2.25. The van der Waals surface area contributed by atoms with E-state index in [1.54, 1.807) is 6.26 Å². The van der Waals surface area contributed by atoms with Gasteiger partial charge in [-0.15, -0.1) is 0 Å². The summed E-state index contributed by atoms with van der Waals surface area (Å²) in [5.74, 6) is 2.11. The van der Waals surface area contributed by atoms with Crippen LogP contribution in [0.3, 0.4) is 0 Å². The standard InChI is InChI=1S/C19H24N4O2/c1-14-10-20-23(11-14)12-16-6-3-4-8-22(16)13-17-15(2)25-19(21-17)18-7-5-9-24-18/h5,7,9-11,16H,3-4,6,8,12-13H2,1-2H3/t16-/m1/s1. The van der Waals surface area contributed by atoms with Crippen LogP contribution < -0.4 is 0 Å². The van der Waals surface area contributed by atoms with E-state index in [9.17, 15) is 0 Å². The molecule has 1 aliphatic rings. The van der Waals surface area contributed by atoms with Crippen LogP contribution in [0.2, 0.25) is 0 Å². The monoisotopic (exact) mass is 340 g/mol. The van der Waals surface area contributed by atoms with Gasteiger partial charge in [0.15, 0.2) is 5.76 Å². The predicted octanol–water partition coefficient (Wildman–Crippen LogP) is 3.80. The summed E-state index contributed by atoms with van der Waals surface area (Å²) in [7, 11) is 0.